The van der Waals surface area contributed by atoms with E-state index in [1.165, 1.54) is 18.2 Å². The second-order valence-electron chi connectivity index (χ2n) is 5.85. The molecule has 2 atom stereocenters. The zero-order valence-electron chi connectivity index (χ0n) is 12.3. The molecule has 4 nitrogen and oxygen atoms in total. The van der Waals surface area contributed by atoms with Crippen LogP contribution in [-0.2, 0) is 4.79 Å². The van der Waals surface area contributed by atoms with Gasteiger partial charge in [-0.3, -0.25) is 4.79 Å². The molecule has 1 fully saturated rings. The number of thioether (sulfide) groups is 1. The van der Waals surface area contributed by atoms with Gasteiger partial charge in [-0.25, -0.2) is 9.97 Å². The molecule has 3 heterocycles. The number of fused-ring (bicyclic) bond motifs is 1. The lowest BCUT2D eigenvalue weighted by Crippen LogP contribution is -2.43. The van der Waals surface area contributed by atoms with Gasteiger partial charge in [-0.05, 0) is 29.7 Å². The fourth-order valence-corrected chi connectivity index (χ4v) is 4.65. The van der Waals surface area contributed by atoms with E-state index < -0.39 is 0 Å². The monoisotopic (exact) mass is 321 g/mol. The second-order valence-corrected chi connectivity index (χ2v) is 7.71. The van der Waals surface area contributed by atoms with Crippen molar-refractivity contribution in [2.24, 2.45) is 11.8 Å². The molecule has 2 aromatic rings. The first-order valence-electron chi connectivity index (χ1n) is 7.22. The Kier molecular flexibility index (Phi) is 4.45. The molecule has 6 heteroatoms. The van der Waals surface area contributed by atoms with Crippen molar-refractivity contribution >= 4 is 39.2 Å². The van der Waals surface area contributed by atoms with E-state index >= 15 is 0 Å². The minimum atomic E-state index is 0.223. The van der Waals surface area contributed by atoms with E-state index in [1.54, 1.807) is 17.7 Å². The average Bonchev–Trinajstić information content (AvgIpc) is 2.92. The number of carbonyl (C=O) groups excluding carboxylic acids is 1. The first-order chi connectivity index (χ1) is 10.1. The molecule has 112 valence electrons. The fraction of sp³-hybridized carbons (Fsp3) is 0.533. The largest absolute Gasteiger partial charge is 0.341 e. The zero-order valence-corrected chi connectivity index (χ0v) is 13.9. The van der Waals surface area contributed by atoms with Crippen molar-refractivity contribution < 1.29 is 4.79 Å². The normalized spacial score (nSPS) is 22.7. The minimum absolute atomic E-state index is 0.223. The first kappa shape index (κ1) is 14.8. The van der Waals surface area contributed by atoms with Crippen LogP contribution in [0.4, 0.5) is 0 Å². The molecule has 3 rings (SSSR count). The number of amides is 1. The molecule has 2 aromatic heterocycles. The summed E-state index contributed by atoms with van der Waals surface area (Å²) in [6.45, 7) is 6.23. The molecular weight excluding hydrogens is 302 g/mol. The summed E-state index contributed by atoms with van der Waals surface area (Å²) < 4.78 is 0. The Balaban J connectivity index is 1.64. The third-order valence-corrected chi connectivity index (χ3v) is 5.59. The topological polar surface area (TPSA) is 46.1 Å². The minimum Gasteiger partial charge on any atom is -0.341 e. The Morgan fingerprint density at radius 1 is 1.38 bits per heavy atom. The number of piperidine rings is 1. The van der Waals surface area contributed by atoms with Gasteiger partial charge in [-0.2, -0.15) is 0 Å². The standard InChI is InChI=1S/C15H19N3OS2/c1-10-5-11(2)7-18(6-10)13(19)8-21-15-12-3-4-20-14(12)16-9-17-15/h3-4,9-11H,5-8H2,1-2H3/t10-,11-/m0/s1. The summed E-state index contributed by atoms with van der Waals surface area (Å²) in [5.74, 6) is 1.89. The molecule has 0 N–H and O–H groups in total. The summed E-state index contributed by atoms with van der Waals surface area (Å²) in [5, 5.41) is 3.98. The fourth-order valence-electron chi connectivity index (χ4n) is 2.97. The molecule has 0 aliphatic carbocycles. The number of thiophene rings is 1. The van der Waals surface area contributed by atoms with Crippen LogP contribution in [0.5, 0.6) is 0 Å². The average molecular weight is 321 g/mol. The van der Waals surface area contributed by atoms with Crippen LogP contribution in [0.1, 0.15) is 20.3 Å². The van der Waals surface area contributed by atoms with E-state index in [2.05, 4.69) is 23.8 Å². The molecule has 0 aromatic carbocycles. The molecule has 0 unspecified atom stereocenters. The van der Waals surface area contributed by atoms with Crippen LogP contribution in [0.15, 0.2) is 22.8 Å². The van der Waals surface area contributed by atoms with E-state index in [4.69, 9.17) is 0 Å². The number of hydrogen-bond acceptors (Lipinski definition) is 5. The van der Waals surface area contributed by atoms with Crippen molar-refractivity contribution in [3.05, 3.63) is 17.8 Å². The van der Waals surface area contributed by atoms with Gasteiger partial charge >= 0.3 is 0 Å². The molecule has 0 radical (unpaired) electrons. The van der Waals surface area contributed by atoms with Gasteiger partial charge in [-0.1, -0.05) is 25.6 Å². The quantitative estimate of drug-likeness (QED) is 0.643. The van der Waals surface area contributed by atoms with Gasteiger partial charge in [0.05, 0.1) is 5.75 Å². The van der Waals surface area contributed by atoms with Crippen LogP contribution in [0, 0.1) is 11.8 Å². The van der Waals surface area contributed by atoms with Crippen molar-refractivity contribution in [1.29, 1.82) is 0 Å². The summed E-state index contributed by atoms with van der Waals surface area (Å²) >= 11 is 3.13. The molecule has 1 amide bonds. The van der Waals surface area contributed by atoms with Crippen LogP contribution in [-0.4, -0.2) is 39.6 Å². The maximum atomic E-state index is 12.4. The van der Waals surface area contributed by atoms with Crippen molar-refractivity contribution in [2.75, 3.05) is 18.8 Å². The van der Waals surface area contributed by atoms with Gasteiger partial charge in [0.25, 0.3) is 0 Å². The first-order valence-corrected chi connectivity index (χ1v) is 9.08. The number of likely N-dealkylation sites (tertiary alicyclic amines) is 1. The van der Waals surface area contributed by atoms with Crippen LogP contribution in [0.25, 0.3) is 10.2 Å². The van der Waals surface area contributed by atoms with E-state index in [0.717, 1.165) is 28.3 Å². The molecule has 0 bridgehead atoms. The predicted molar refractivity (Wildman–Crippen MR) is 87.7 cm³/mol. The van der Waals surface area contributed by atoms with Crippen LogP contribution < -0.4 is 0 Å². The number of nitrogens with zero attached hydrogens (tertiary/aromatic N) is 3. The highest BCUT2D eigenvalue weighted by atomic mass is 32.2. The molecule has 1 aliphatic rings. The van der Waals surface area contributed by atoms with Crippen LogP contribution >= 0.6 is 23.1 Å². The number of hydrogen-bond donors (Lipinski definition) is 0. The Bertz CT molecular complexity index is 633. The third-order valence-electron chi connectivity index (χ3n) is 3.78. The highest BCUT2D eigenvalue weighted by Gasteiger charge is 2.25. The van der Waals surface area contributed by atoms with E-state index in [-0.39, 0.29) is 5.91 Å². The number of aromatic nitrogens is 2. The van der Waals surface area contributed by atoms with E-state index in [9.17, 15) is 4.79 Å². The SMILES string of the molecule is C[C@H]1C[C@H](C)CN(C(=O)CSc2ncnc3sccc23)C1. The number of carbonyl (C=O) groups is 1. The molecular formula is C15H19N3OS2. The highest BCUT2D eigenvalue weighted by Crippen LogP contribution is 2.28. The maximum absolute atomic E-state index is 12.4. The molecule has 0 saturated carbocycles. The third kappa shape index (κ3) is 3.37. The van der Waals surface area contributed by atoms with E-state index in [1.807, 2.05) is 16.3 Å². The zero-order chi connectivity index (χ0) is 14.8. The summed E-state index contributed by atoms with van der Waals surface area (Å²) in [4.78, 5) is 24.0. The van der Waals surface area contributed by atoms with Gasteiger partial charge in [0, 0.05) is 18.5 Å². The Labute approximate surface area is 133 Å². The molecule has 0 spiro atoms. The molecule has 1 saturated heterocycles. The Hall–Kier alpha value is -1.14. The smallest absolute Gasteiger partial charge is 0.233 e. The number of rotatable bonds is 3. The molecule has 21 heavy (non-hydrogen) atoms. The molecule has 1 aliphatic heterocycles. The van der Waals surface area contributed by atoms with Gasteiger partial charge in [-0.15, -0.1) is 11.3 Å². The maximum Gasteiger partial charge on any atom is 0.233 e. The lowest BCUT2D eigenvalue weighted by molar-refractivity contribution is -0.130. The van der Waals surface area contributed by atoms with Crippen LogP contribution in [0.3, 0.4) is 0 Å². The Morgan fingerprint density at radius 2 is 2.14 bits per heavy atom. The van der Waals surface area contributed by atoms with Crippen molar-refractivity contribution in [1.82, 2.24) is 14.9 Å². The lowest BCUT2D eigenvalue weighted by Gasteiger charge is -2.35. The summed E-state index contributed by atoms with van der Waals surface area (Å²) in [6, 6.07) is 2.03. The summed E-state index contributed by atoms with van der Waals surface area (Å²) in [5.41, 5.74) is 0. The van der Waals surface area contributed by atoms with Crippen molar-refractivity contribution in [3.63, 3.8) is 0 Å². The highest BCUT2D eigenvalue weighted by molar-refractivity contribution is 8.00. The van der Waals surface area contributed by atoms with Gasteiger partial charge in [0.2, 0.25) is 5.91 Å². The van der Waals surface area contributed by atoms with Gasteiger partial charge in [0.15, 0.2) is 0 Å². The van der Waals surface area contributed by atoms with Gasteiger partial charge in [0.1, 0.15) is 16.2 Å². The van der Waals surface area contributed by atoms with E-state index in [0.29, 0.717) is 17.6 Å². The van der Waals surface area contributed by atoms with Gasteiger partial charge < -0.3 is 4.90 Å². The Morgan fingerprint density at radius 3 is 2.90 bits per heavy atom. The second kappa shape index (κ2) is 6.32. The van der Waals surface area contributed by atoms with Crippen molar-refractivity contribution in [3.8, 4) is 0 Å². The van der Waals surface area contributed by atoms with Crippen molar-refractivity contribution in [2.45, 2.75) is 25.3 Å². The lowest BCUT2D eigenvalue weighted by atomic mass is 9.92. The predicted octanol–water partition coefficient (Wildman–Crippen LogP) is 3.29. The van der Waals surface area contributed by atoms with Crippen LogP contribution in [0.2, 0.25) is 0 Å². The summed E-state index contributed by atoms with van der Waals surface area (Å²) in [6.07, 6.45) is 2.80. The summed E-state index contributed by atoms with van der Waals surface area (Å²) in [7, 11) is 0.